The summed E-state index contributed by atoms with van der Waals surface area (Å²) in [7, 11) is 0. The molecule has 1 aliphatic rings. The molecule has 4 heteroatoms. The van der Waals surface area contributed by atoms with Crippen molar-refractivity contribution in [1.29, 1.82) is 0 Å². The zero-order valence-corrected chi connectivity index (χ0v) is 10.7. The maximum atomic E-state index is 11.6. The van der Waals surface area contributed by atoms with Crippen LogP contribution in [-0.4, -0.2) is 16.9 Å². The van der Waals surface area contributed by atoms with Crippen LogP contribution in [0.25, 0.3) is 0 Å². The summed E-state index contributed by atoms with van der Waals surface area (Å²) < 4.78 is 0. The normalized spacial score (nSPS) is 23.0. The van der Waals surface area contributed by atoms with E-state index in [1.54, 1.807) is 11.3 Å². The van der Waals surface area contributed by atoms with Crippen LogP contribution in [0.15, 0.2) is 42.0 Å². The van der Waals surface area contributed by atoms with E-state index in [4.69, 9.17) is 0 Å². The zero-order chi connectivity index (χ0) is 12.4. The molecule has 1 N–H and O–H groups in total. The molecule has 3 rings (SSSR count). The smallest absolute Gasteiger partial charge is 0.220 e. The molecule has 3 nitrogen and oxygen atoms in total. The number of hydrogen-bond donors (Lipinski definition) is 1. The van der Waals surface area contributed by atoms with Gasteiger partial charge in [0.2, 0.25) is 5.91 Å². The molecule has 2 atom stereocenters. The van der Waals surface area contributed by atoms with Gasteiger partial charge in [0.15, 0.2) is 0 Å². The molecular weight excluding hydrogens is 244 g/mol. The van der Waals surface area contributed by atoms with Crippen LogP contribution < -0.4 is 5.32 Å². The first-order valence-electron chi connectivity index (χ1n) is 6.04. The van der Waals surface area contributed by atoms with Gasteiger partial charge in [0.05, 0.1) is 5.51 Å². The molecule has 1 amide bonds. The minimum Gasteiger partial charge on any atom is -0.352 e. The zero-order valence-electron chi connectivity index (χ0n) is 9.87. The lowest BCUT2D eigenvalue weighted by molar-refractivity contribution is -0.119. The Morgan fingerprint density at radius 1 is 1.33 bits per heavy atom. The molecular formula is C14H14N2OS. The molecule has 2 heterocycles. The SMILES string of the molecule is O=C1CC(c2cncs2)C(Cc2ccccc2)N1. The molecule has 2 unspecified atom stereocenters. The summed E-state index contributed by atoms with van der Waals surface area (Å²) in [4.78, 5) is 16.9. The van der Waals surface area contributed by atoms with Crippen LogP contribution in [0, 0.1) is 0 Å². The largest absolute Gasteiger partial charge is 0.352 e. The van der Waals surface area contributed by atoms with Crippen LogP contribution in [-0.2, 0) is 11.2 Å². The number of amides is 1. The number of aromatic nitrogens is 1. The Morgan fingerprint density at radius 2 is 2.17 bits per heavy atom. The Morgan fingerprint density at radius 3 is 2.89 bits per heavy atom. The van der Waals surface area contributed by atoms with E-state index in [0.29, 0.717) is 6.42 Å². The molecule has 92 valence electrons. The van der Waals surface area contributed by atoms with Crippen LogP contribution in [0.5, 0.6) is 0 Å². The van der Waals surface area contributed by atoms with E-state index < -0.39 is 0 Å². The highest BCUT2D eigenvalue weighted by molar-refractivity contribution is 7.09. The molecule has 1 aliphatic heterocycles. The summed E-state index contributed by atoms with van der Waals surface area (Å²) in [6.07, 6.45) is 3.35. The molecule has 1 aromatic carbocycles. The van der Waals surface area contributed by atoms with Crippen LogP contribution in [0.3, 0.4) is 0 Å². The van der Waals surface area contributed by atoms with Crippen LogP contribution >= 0.6 is 11.3 Å². The quantitative estimate of drug-likeness (QED) is 0.918. The average molecular weight is 258 g/mol. The summed E-state index contributed by atoms with van der Waals surface area (Å²) in [6.45, 7) is 0. The lowest BCUT2D eigenvalue weighted by Gasteiger charge is -2.17. The summed E-state index contributed by atoms with van der Waals surface area (Å²) in [5, 5.41) is 3.08. The van der Waals surface area contributed by atoms with Gasteiger partial charge in [-0.25, -0.2) is 0 Å². The third-order valence-corrected chi connectivity index (χ3v) is 4.26. The second kappa shape index (κ2) is 4.90. The molecule has 0 saturated carbocycles. The maximum Gasteiger partial charge on any atom is 0.220 e. The van der Waals surface area contributed by atoms with Crippen LogP contribution in [0.2, 0.25) is 0 Å². The second-order valence-electron chi connectivity index (χ2n) is 4.58. The van der Waals surface area contributed by atoms with Gasteiger partial charge in [-0.05, 0) is 12.0 Å². The van der Waals surface area contributed by atoms with Crippen LogP contribution in [0.1, 0.15) is 22.8 Å². The number of nitrogens with one attached hydrogen (secondary N) is 1. The summed E-state index contributed by atoms with van der Waals surface area (Å²) in [5.41, 5.74) is 3.09. The van der Waals surface area contributed by atoms with Crippen molar-refractivity contribution in [1.82, 2.24) is 10.3 Å². The maximum absolute atomic E-state index is 11.6. The van der Waals surface area contributed by atoms with E-state index in [-0.39, 0.29) is 17.9 Å². The minimum atomic E-state index is 0.148. The number of hydrogen-bond acceptors (Lipinski definition) is 3. The summed E-state index contributed by atoms with van der Waals surface area (Å²) in [5.74, 6) is 0.416. The lowest BCUT2D eigenvalue weighted by atomic mass is 9.94. The van der Waals surface area contributed by atoms with Crippen LogP contribution in [0.4, 0.5) is 0 Å². The van der Waals surface area contributed by atoms with E-state index in [2.05, 4.69) is 22.4 Å². The predicted molar refractivity (Wildman–Crippen MR) is 71.5 cm³/mol. The minimum absolute atomic E-state index is 0.148. The Labute approximate surface area is 110 Å². The van der Waals surface area contributed by atoms with Crippen molar-refractivity contribution in [3.63, 3.8) is 0 Å². The van der Waals surface area contributed by atoms with Crippen molar-refractivity contribution >= 4 is 17.2 Å². The Bertz CT molecular complexity index is 524. The average Bonchev–Trinajstić information content (AvgIpc) is 3.00. The molecule has 1 aromatic heterocycles. The van der Waals surface area contributed by atoms with Gasteiger partial charge in [-0.3, -0.25) is 9.78 Å². The highest BCUT2D eigenvalue weighted by atomic mass is 32.1. The third kappa shape index (κ3) is 2.29. The number of benzene rings is 1. The third-order valence-electron chi connectivity index (χ3n) is 3.35. The Balaban J connectivity index is 1.80. The molecule has 0 spiro atoms. The fraction of sp³-hybridized carbons (Fsp3) is 0.286. The summed E-state index contributed by atoms with van der Waals surface area (Å²) >= 11 is 1.63. The van der Waals surface area contributed by atoms with Gasteiger partial charge in [0, 0.05) is 29.5 Å². The molecule has 0 radical (unpaired) electrons. The molecule has 2 aromatic rings. The molecule has 0 bridgehead atoms. The van der Waals surface area contributed by atoms with Gasteiger partial charge in [-0.2, -0.15) is 0 Å². The van der Waals surface area contributed by atoms with E-state index in [1.807, 2.05) is 29.9 Å². The molecule has 1 saturated heterocycles. The first-order chi connectivity index (χ1) is 8.83. The standard InChI is InChI=1S/C14H14N2OS/c17-14-7-11(13-8-15-9-18-13)12(16-14)6-10-4-2-1-3-5-10/h1-5,8-9,11-12H,6-7H2,(H,16,17). The van der Waals surface area contributed by atoms with Crippen molar-refractivity contribution in [3.8, 4) is 0 Å². The van der Waals surface area contributed by atoms with Gasteiger partial charge >= 0.3 is 0 Å². The number of carbonyl (C=O) groups is 1. The van der Waals surface area contributed by atoms with Crippen molar-refractivity contribution in [2.75, 3.05) is 0 Å². The summed E-state index contributed by atoms with van der Waals surface area (Å²) in [6, 6.07) is 10.5. The van der Waals surface area contributed by atoms with Crippen molar-refractivity contribution in [3.05, 3.63) is 52.5 Å². The fourth-order valence-corrected chi connectivity index (χ4v) is 3.26. The Kier molecular flexibility index (Phi) is 3.11. The van der Waals surface area contributed by atoms with Crippen molar-refractivity contribution < 1.29 is 4.79 Å². The Hall–Kier alpha value is -1.68. The predicted octanol–water partition coefficient (Wildman–Crippen LogP) is 2.36. The van der Waals surface area contributed by atoms with Gasteiger partial charge in [0.25, 0.3) is 0 Å². The van der Waals surface area contributed by atoms with E-state index in [1.165, 1.54) is 10.4 Å². The van der Waals surface area contributed by atoms with Gasteiger partial charge in [0.1, 0.15) is 0 Å². The first-order valence-corrected chi connectivity index (χ1v) is 6.92. The number of rotatable bonds is 3. The lowest BCUT2D eigenvalue weighted by Crippen LogP contribution is -2.30. The van der Waals surface area contributed by atoms with Crippen molar-refractivity contribution in [2.45, 2.75) is 24.8 Å². The van der Waals surface area contributed by atoms with Crippen molar-refractivity contribution in [2.24, 2.45) is 0 Å². The second-order valence-corrected chi connectivity index (χ2v) is 5.50. The van der Waals surface area contributed by atoms with E-state index in [0.717, 1.165) is 6.42 Å². The van der Waals surface area contributed by atoms with Gasteiger partial charge in [-0.15, -0.1) is 11.3 Å². The van der Waals surface area contributed by atoms with E-state index in [9.17, 15) is 4.79 Å². The monoisotopic (exact) mass is 258 g/mol. The first kappa shape index (κ1) is 11.4. The van der Waals surface area contributed by atoms with Gasteiger partial charge in [-0.1, -0.05) is 30.3 Å². The van der Waals surface area contributed by atoms with Gasteiger partial charge < -0.3 is 5.32 Å². The molecule has 0 aliphatic carbocycles. The molecule has 1 fully saturated rings. The topological polar surface area (TPSA) is 42.0 Å². The number of thiazole rings is 1. The number of nitrogens with zero attached hydrogens (tertiary/aromatic N) is 1. The number of carbonyl (C=O) groups excluding carboxylic acids is 1. The highest BCUT2D eigenvalue weighted by Gasteiger charge is 2.34. The highest BCUT2D eigenvalue weighted by Crippen LogP contribution is 2.32. The van der Waals surface area contributed by atoms with E-state index >= 15 is 0 Å². The molecule has 18 heavy (non-hydrogen) atoms. The fourth-order valence-electron chi connectivity index (χ4n) is 2.48.